The number of methoxy groups -OCH3 is 1. The van der Waals surface area contributed by atoms with Crippen LogP contribution in [0, 0.1) is 0 Å². The Morgan fingerprint density at radius 1 is 0.879 bits per heavy atom. The van der Waals surface area contributed by atoms with Crippen LogP contribution in [-0.4, -0.2) is 36.9 Å². The molecule has 1 aliphatic heterocycles. The second-order valence-electron chi connectivity index (χ2n) is 8.69. The zero-order valence-corrected chi connectivity index (χ0v) is 20.3. The molecule has 1 heterocycles. The lowest BCUT2D eigenvalue weighted by Crippen LogP contribution is -2.46. The molecule has 0 unspecified atom stereocenters. The van der Waals surface area contributed by atoms with Crippen LogP contribution in [0.3, 0.4) is 0 Å². The lowest BCUT2D eigenvalue weighted by atomic mass is 10.1. The fourth-order valence-corrected chi connectivity index (χ4v) is 8.60. The normalized spacial score (nSPS) is 20.1. The van der Waals surface area contributed by atoms with Crippen LogP contribution in [0.5, 0.6) is 0 Å². The zero-order valence-electron chi connectivity index (χ0n) is 19.4. The summed E-state index contributed by atoms with van der Waals surface area (Å²) in [5.74, 6) is 1.31. The van der Waals surface area contributed by atoms with Crippen LogP contribution in [-0.2, 0) is 19.0 Å². The fourth-order valence-electron chi connectivity index (χ4n) is 4.58. The molecule has 172 valence electrons. The largest absolute Gasteiger partial charge is 0.469 e. The average molecular weight is 463 g/mol. The van der Waals surface area contributed by atoms with Gasteiger partial charge in [0.15, 0.2) is 5.79 Å². The molecule has 0 N–H and O–H groups in total. The standard InChI is InChI=1S/C28H31O4P/c1-28(2)31-22(20-27(29)30-3)19-23(32-28)21-33(24-13-7-4-8-14-24,25-15-9-5-10-16-25)26-17-11-6-12-18-26/h4-18,21-23H,19-20H2,1-3H3/t22-,23+/m1/s1. The molecule has 3 aromatic rings. The van der Waals surface area contributed by atoms with Crippen molar-refractivity contribution in [2.24, 2.45) is 0 Å². The van der Waals surface area contributed by atoms with Crippen molar-refractivity contribution in [1.82, 2.24) is 0 Å². The third-order valence-corrected chi connectivity index (χ3v) is 10.0. The van der Waals surface area contributed by atoms with Gasteiger partial charge in [0.1, 0.15) is 0 Å². The zero-order chi connectivity index (χ0) is 23.3. The summed E-state index contributed by atoms with van der Waals surface area (Å²) < 4.78 is 17.4. The van der Waals surface area contributed by atoms with Crippen LogP contribution in [0.2, 0.25) is 0 Å². The molecule has 0 radical (unpaired) electrons. The van der Waals surface area contributed by atoms with Crippen molar-refractivity contribution in [2.75, 3.05) is 7.11 Å². The van der Waals surface area contributed by atoms with E-state index in [1.807, 2.05) is 13.8 Å². The van der Waals surface area contributed by atoms with Gasteiger partial charge >= 0.3 is 5.97 Å². The van der Waals surface area contributed by atoms with Crippen molar-refractivity contribution in [1.29, 1.82) is 0 Å². The molecule has 1 saturated heterocycles. The monoisotopic (exact) mass is 462 g/mol. The Morgan fingerprint density at radius 2 is 1.33 bits per heavy atom. The molecule has 1 aliphatic rings. The van der Waals surface area contributed by atoms with Crippen LogP contribution < -0.4 is 15.9 Å². The Bertz CT molecular complexity index is 1010. The number of hydrogen-bond donors (Lipinski definition) is 0. The molecule has 33 heavy (non-hydrogen) atoms. The van der Waals surface area contributed by atoms with Gasteiger partial charge in [-0.15, -0.1) is 0 Å². The Balaban J connectivity index is 1.92. The number of ether oxygens (including phenoxy) is 3. The van der Waals surface area contributed by atoms with E-state index < -0.39 is 12.7 Å². The first-order valence-electron chi connectivity index (χ1n) is 11.3. The predicted octanol–water partition coefficient (Wildman–Crippen LogP) is 4.26. The third-order valence-electron chi connectivity index (χ3n) is 5.88. The van der Waals surface area contributed by atoms with E-state index in [1.54, 1.807) is 0 Å². The highest BCUT2D eigenvalue weighted by atomic mass is 31.2. The number of esters is 1. The van der Waals surface area contributed by atoms with Gasteiger partial charge in [0.05, 0.1) is 25.7 Å². The maximum absolute atomic E-state index is 12.0. The molecule has 0 aliphatic carbocycles. The Kier molecular flexibility index (Phi) is 7.19. The summed E-state index contributed by atoms with van der Waals surface area (Å²) in [4.78, 5) is 12.0. The van der Waals surface area contributed by atoms with Crippen molar-refractivity contribution in [3.05, 3.63) is 91.0 Å². The number of benzene rings is 3. The first-order valence-corrected chi connectivity index (χ1v) is 13.1. The maximum atomic E-state index is 12.0. The summed E-state index contributed by atoms with van der Waals surface area (Å²) >= 11 is 0. The van der Waals surface area contributed by atoms with Crippen molar-refractivity contribution in [3.8, 4) is 0 Å². The van der Waals surface area contributed by atoms with E-state index in [9.17, 15) is 4.79 Å². The van der Waals surface area contributed by atoms with E-state index in [2.05, 4.69) is 96.8 Å². The topological polar surface area (TPSA) is 44.8 Å². The van der Waals surface area contributed by atoms with Gasteiger partial charge < -0.3 is 14.2 Å². The van der Waals surface area contributed by atoms with Gasteiger partial charge in [-0.2, -0.15) is 0 Å². The Labute approximate surface area is 196 Å². The SMILES string of the molecule is COC(=O)C[C@H]1C[C@@H](C=P(c2ccccc2)(c2ccccc2)c2ccccc2)OC(C)(C)O1. The summed E-state index contributed by atoms with van der Waals surface area (Å²) in [5.41, 5.74) is 0. The summed E-state index contributed by atoms with van der Waals surface area (Å²) in [6, 6.07) is 32.0. The quantitative estimate of drug-likeness (QED) is 0.406. The molecular formula is C28H31O4P. The minimum Gasteiger partial charge on any atom is -0.469 e. The summed E-state index contributed by atoms with van der Waals surface area (Å²) in [7, 11) is 1.41. The molecule has 4 rings (SSSR count). The third kappa shape index (κ3) is 5.30. The van der Waals surface area contributed by atoms with E-state index in [4.69, 9.17) is 14.2 Å². The highest BCUT2D eigenvalue weighted by Gasteiger charge is 2.38. The minimum absolute atomic E-state index is 0.197. The van der Waals surface area contributed by atoms with Crippen LogP contribution in [0.25, 0.3) is 0 Å². The van der Waals surface area contributed by atoms with E-state index in [0.717, 1.165) is 0 Å². The second-order valence-corrected chi connectivity index (χ2v) is 12.0. The van der Waals surface area contributed by atoms with Gasteiger partial charge in [-0.3, -0.25) is 4.79 Å². The predicted molar refractivity (Wildman–Crippen MR) is 136 cm³/mol. The van der Waals surface area contributed by atoms with E-state index >= 15 is 0 Å². The lowest BCUT2D eigenvalue weighted by molar-refractivity contribution is -0.285. The van der Waals surface area contributed by atoms with E-state index in [1.165, 1.54) is 23.0 Å². The highest BCUT2D eigenvalue weighted by molar-refractivity contribution is 7.94. The van der Waals surface area contributed by atoms with Crippen LogP contribution in [0.1, 0.15) is 26.7 Å². The van der Waals surface area contributed by atoms with Crippen molar-refractivity contribution in [3.63, 3.8) is 0 Å². The highest BCUT2D eigenvalue weighted by Crippen LogP contribution is 2.45. The van der Waals surface area contributed by atoms with Crippen LogP contribution >= 0.6 is 6.89 Å². The smallest absolute Gasteiger partial charge is 0.308 e. The fraction of sp³-hybridized carbons (Fsp3) is 0.286. The molecule has 3 aromatic carbocycles. The van der Waals surface area contributed by atoms with Gasteiger partial charge in [-0.25, -0.2) is 0 Å². The molecule has 1 fully saturated rings. The summed E-state index contributed by atoms with van der Waals surface area (Å²) in [5, 5.41) is 3.79. The molecule has 5 heteroatoms. The average Bonchev–Trinajstić information content (AvgIpc) is 2.83. The second kappa shape index (κ2) is 10.1. The van der Waals surface area contributed by atoms with E-state index in [0.29, 0.717) is 6.42 Å². The summed E-state index contributed by atoms with van der Waals surface area (Å²) in [6.07, 6.45) is 0.331. The summed E-state index contributed by atoms with van der Waals surface area (Å²) in [6.45, 7) is 1.65. The number of carbonyl (C=O) groups excluding carboxylic acids is 1. The van der Waals surface area contributed by atoms with Crippen molar-refractivity contribution < 1.29 is 19.0 Å². The maximum Gasteiger partial charge on any atom is 0.308 e. The molecule has 2 atom stereocenters. The lowest BCUT2D eigenvalue weighted by Gasteiger charge is -2.41. The Morgan fingerprint density at radius 3 is 1.76 bits per heavy atom. The van der Waals surface area contributed by atoms with Crippen LogP contribution in [0.15, 0.2) is 91.0 Å². The first-order chi connectivity index (χ1) is 15.9. The number of hydrogen-bond acceptors (Lipinski definition) is 4. The first kappa shape index (κ1) is 23.5. The van der Waals surface area contributed by atoms with Crippen LogP contribution in [0.4, 0.5) is 0 Å². The molecule has 0 aromatic heterocycles. The molecule has 0 spiro atoms. The van der Waals surface area contributed by atoms with Crippen molar-refractivity contribution >= 4 is 34.6 Å². The van der Waals surface area contributed by atoms with Gasteiger partial charge in [0.2, 0.25) is 0 Å². The molecule has 0 amide bonds. The van der Waals surface area contributed by atoms with E-state index in [-0.39, 0.29) is 24.6 Å². The molecule has 0 bridgehead atoms. The minimum atomic E-state index is -2.17. The van der Waals surface area contributed by atoms with Crippen molar-refractivity contribution in [2.45, 2.75) is 44.7 Å². The molecular weight excluding hydrogens is 431 g/mol. The van der Waals surface area contributed by atoms with Gasteiger partial charge in [-0.1, -0.05) is 91.0 Å². The molecule has 4 nitrogen and oxygen atoms in total. The van der Waals surface area contributed by atoms with Gasteiger partial charge in [0.25, 0.3) is 0 Å². The number of carbonyl (C=O) groups is 1. The molecule has 0 saturated carbocycles. The number of rotatable bonds is 6. The van der Waals surface area contributed by atoms with Gasteiger partial charge in [0, 0.05) is 6.42 Å². The van der Waals surface area contributed by atoms with Gasteiger partial charge in [-0.05, 0) is 42.4 Å². The Hall–Kier alpha value is -2.65.